The van der Waals surface area contributed by atoms with Crippen LogP contribution in [0.2, 0.25) is 0 Å². The molecule has 2 N–H and O–H groups in total. The number of hydrogen-bond donors (Lipinski definition) is 2. The largest absolute Gasteiger partial charge is 0.383 e. The first-order valence-corrected chi connectivity index (χ1v) is 7.74. The van der Waals surface area contributed by atoms with Crippen molar-refractivity contribution in [3.05, 3.63) is 24.3 Å². The van der Waals surface area contributed by atoms with E-state index >= 15 is 0 Å². The van der Waals surface area contributed by atoms with E-state index in [1.54, 1.807) is 6.07 Å². The number of benzene rings is 1. The van der Waals surface area contributed by atoms with Crippen molar-refractivity contribution in [3.63, 3.8) is 0 Å². The number of hydrogen-bond acceptors (Lipinski definition) is 3. The van der Waals surface area contributed by atoms with Crippen molar-refractivity contribution in [3.8, 4) is 0 Å². The summed E-state index contributed by atoms with van der Waals surface area (Å²) in [6.07, 6.45) is 5.02. The Morgan fingerprint density at radius 2 is 1.88 bits per heavy atom. The van der Waals surface area contributed by atoms with Crippen LogP contribution in [0.5, 0.6) is 0 Å². The average Bonchev–Trinajstić information content (AvgIpc) is 2.16. The second-order valence-corrected chi connectivity index (χ2v) is 6.35. The van der Waals surface area contributed by atoms with Gasteiger partial charge in [-0.05, 0) is 30.9 Å². The van der Waals surface area contributed by atoms with E-state index in [4.69, 9.17) is 0 Å². The summed E-state index contributed by atoms with van der Waals surface area (Å²) in [6, 6.07) is 7.38. The molecule has 1 aliphatic carbocycles. The molecule has 0 unspecified atom stereocenters. The standard InChI is InChI=1S/C12H18N2O2S/c1-17(15,16)14-12-8-3-2-7-11(12)13-9-10-5-4-6-10/h2-3,7-8,10,13-14H,4-6,9H2,1H3. The lowest BCUT2D eigenvalue weighted by atomic mass is 9.85. The van der Waals surface area contributed by atoms with Crippen LogP contribution < -0.4 is 10.0 Å². The molecule has 17 heavy (non-hydrogen) atoms. The van der Waals surface area contributed by atoms with Crippen molar-refractivity contribution in [2.75, 3.05) is 22.8 Å². The average molecular weight is 254 g/mol. The fourth-order valence-corrected chi connectivity index (χ4v) is 2.45. The Labute approximate surface area is 102 Å². The molecule has 1 aromatic rings. The van der Waals surface area contributed by atoms with E-state index in [0.29, 0.717) is 5.69 Å². The van der Waals surface area contributed by atoms with Gasteiger partial charge in [0.15, 0.2) is 0 Å². The van der Waals surface area contributed by atoms with Gasteiger partial charge in [0, 0.05) is 6.54 Å². The minimum Gasteiger partial charge on any atom is -0.383 e. The normalized spacial score (nSPS) is 16.3. The number of nitrogens with one attached hydrogen (secondary N) is 2. The van der Waals surface area contributed by atoms with Gasteiger partial charge in [0.2, 0.25) is 10.0 Å². The van der Waals surface area contributed by atoms with E-state index in [9.17, 15) is 8.42 Å². The van der Waals surface area contributed by atoms with Crippen LogP contribution in [-0.2, 0) is 10.0 Å². The van der Waals surface area contributed by atoms with Crippen molar-refractivity contribution >= 4 is 21.4 Å². The van der Waals surface area contributed by atoms with Crippen molar-refractivity contribution in [1.29, 1.82) is 0 Å². The molecular formula is C12H18N2O2S. The molecule has 0 aliphatic heterocycles. The first-order valence-electron chi connectivity index (χ1n) is 5.85. The number of rotatable bonds is 5. The summed E-state index contributed by atoms with van der Waals surface area (Å²) >= 11 is 0. The Balaban J connectivity index is 2.04. The van der Waals surface area contributed by atoms with Crippen LogP contribution in [-0.4, -0.2) is 21.2 Å². The van der Waals surface area contributed by atoms with Gasteiger partial charge in [0.05, 0.1) is 17.6 Å². The fraction of sp³-hybridized carbons (Fsp3) is 0.500. The molecule has 0 spiro atoms. The van der Waals surface area contributed by atoms with E-state index in [-0.39, 0.29) is 0 Å². The first kappa shape index (κ1) is 12.2. The van der Waals surface area contributed by atoms with Gasteiger partial charge in [-0.3, -0.25) is 4.72 Å². The Hall–Kier alpha value is -1.23. The van der Waals surface area contributed by atoms with Crippen LogP contribution >= 0.6 is 0 Å². The molecule has 4 nitrogen and oxygen atoms in total. The molecule has 0 aromatic heterocycles. The first-order chi connectivity index (χ1) is 8.04. The summed E-state index contributed by atoms with van der Waals surface area (Å²) in [7, 11) is -3.22. The van der Waals surface area contributed by atoms with E-state index in [1.807, 2.05) is 18.2 Å². The zero-order valence-electron chi connectivity index (χ0n) is 9.94. The monoisotopic (exact) mass is 254 g/mol. The highest BCUT2D eigenvalue weighted by Gasteiger charge is 2.17. The second-order valence-electron chi connectivity index (χ2n) is 4.60. The second kappa shape index (κ2) is 4.96. The number of anilines is 2. The van der Waals surface area contributed by atoms with Crippen LogP contribution in [0.4, 0.5) is 11.4 Å². The van der Waals surface area contributed by atoms with Gasteiger partial charge in [-0.1, -0.05) is 18.6 Å². The molecule has 0 heterocycles. The molecule has 1 saturated carbocycles. The summed E-state index contributed by atoms with van der Waals surface area (Å²) in [5, 5.41) is 3.31. The Kier molecular flexibility index (Phi) is 3.57. The summed E-state index contributed by atoms with van der Waals surface area (Å²) in [4.78, 5) is 0. The van der Waals surface area contributed by atoms with Gasteiger partial charge >= 0.3 is 0 Å². The summed E-state index contributed by atoms with van der Waals surface area (Å²) in [6.45, 7) is 0.919. The fourth-order valence-electron chi connectivity index (χ4n) is 1.88. The van der Waals surface area contributed by atoms with Gasteiger partial charge in [-0.2, -0.15) is 0 Å². The van der Waals surface area contributed by atoms with E-state index in [0.717, 1.165) is 24.4 Å². The zero-order valence-corrected chi connectivity index (χ0v) is 10.8. The molecular weight excluding hydrogens is 236 g/mol. The summed E-state index contributed by atoms with van der Waals surface area (Å²) in [5.74, 6) is 0.737. The summed E-state index contributed by atoms with van der Waals surface area (Å²) < 4.78 is 25.0. The van der Waals surface area contributed by atoms with Gasteiger partial charge in [-0.25, -0.2) is 8.42 Å². The SMILES string of the molecule is CS(=O)(=O)Nc1ccccc1NCC1CCC1. The molecule has 0 radical (unpaired) electrons. The third-order valence-electron chi connectivity index (χ3n) is 3.03. The smallest absolute Gasteiger partial charge is 0.229 e. The lowest BCUT2D eigenvalue weighted by molar-refractivity contribution is 0.333. The van der Waals surface area contributed by atoms with Crippen LogP contribution in [0.15, 0.2) is 24.3 Å². The van der Waals surface area contributed by atoms with E-state index in [2.05, 4.69) is 10.0 Å². The van der Waals surface area contributed by atoms with Crippen LogP contribution in [0, 0.1) is 5.92 Å². The van der Waals surface area contributed by atoms with Gasteiger partial charge in [0.25, 0.3) is 0 Å². The minimum absolute atomic E-state index is 0.620. The lowest BCUT2D eigenvalue weighted by Gasteiger charge is -2.26. The van der Waals surface area contributed by atoms with Crippen LogP contribution in [0.1, 0.15) is 19.3 Å². The maximum absolute atomic E-state index is 11.2. The predicted molar refractivity (Wildman–Crippen MR) is 70.7 cm³/mol. The molecule has 1 aromatic carbocycles. The molecule has 94 valence electrons. The van der Waals surface area contributed by atoms with Gasteiger partial charge in [-0.15, -0.1) is 0 Å². The third kappa shape index (κ3) is 3.63. The predicted octanol–water partition coefficient (Wildman–Crippen LogP) is 2.27. The van der Waals surface area contributed by atoms with E-state index < -0.39 is 10.0 Å². The quantitative estimate of drug-likeness (QED) is 0.847. The van der Waals surface area contributed by atoms with Crippen molar-refractivity contribution in [2.45, 2.75) is 19.3 Å². The minimum atomic E-state index is -3.22. The Morgan fingerprint density at radius 3 is 2.41 bits per heavy atom. The molecule has 0 atom stereocenters. The molecule has 0 amide bonds. The lowest BCUT2D eigenvalue weighted by Crippen LogP contribution is -2.21. The van der Waals surface area contributed by atoms with Crippen LogP contribution in [0.25, 0.3) is 0 Å². The molecule has 1 fully saturated rings. The highest BCUT2D eigenvalue weighted by atomic mass is 32.2. The number of para-hydroxylation sites is 2. The molecule has 5 heteroatoms. The van der Waals surface area contributed by atoms with E-state index in [1.165, 1.54) is 19.3 Å². The Morgan fingerprint density at radius 1 is 1.24 bits per heavy atom. The highest BCUT2D eigenvalue weighted by molar-refractivity contribution is 7.92. The Bertz CT molecular complexity index is 481. The van der Waals surface area contributed by atoms with Crippen molar-refractivity contribution in [2.24, 2.45) is 5.92 Å². The summed E-state index contributed by atoms with van der Waals surface area (Å²) in [5.41, 5.74) is 1.47. The molecule has 0 bridgehead atoms. The number of sulfonamides is 1. The van der Waals surface area contributed by atoms with Crippen molar-refractivity contribution in [1.82, 2.24) is 0 Å². The molecule has 2 rings (SSSR count). The topological polar surface area (TPSA) is 58.2 Å². The molecule has 1 aliphatic rings. The van der Waals surface area contributed by atoms with Crippen LogP contribution in [0.3, 0.4) is 0 Å². The van der Waals surface area contributed by atoms with Gasteiger partial charge in [0.1, 0.15) is 0 Å². The third-order valence-corrected chi connectivity index (χ3v) is 3.62. The highest BCUT2D eigenvalue weighted by Crippen LogP contribution is 2.28. The molecule has 0 saturated heterocycles. The zero-order chi connectivity index (χ0) is 12.3. The maximum atomic E-state index is 11.2. The van der Waals surface area contributed by atoms with Crippen molar-refractivity contribution < 1.29 is 8.42 Å². The van der Waals surface area contributed by atoms with Gasteiger partial charge < -0.3 is 5.32 Å². The maximum Gasteiger partial charge on any atom is 0.229 e.